The summed E-state index contributed by atoms with van der Waals surface area (Å²) in [5.41, 5.74) is 0.831. The van der Waals surface area contributed by atoms with Crippen LogP contribution in [0.25, 0.3) is 0 Å². The molecule has 1 amide bonds. The van der Waals surface area contributed by atoms with E-state index >= 15 is 0 Å². The maximum atomic E-state index is 13.4. The molecule has 2 N–H and O–H groups in total. The van der Waals surface area contributed by atoms with Crippen LogP contribution in [-0.4, -0.2) is 25.5 Å². The molecule has 0 fully saturated rings. The van der Waals surface area contributed by atoms with Gasteiger partial charge in [0.1, 0.15) is 5.82 Å². The number of carbonyl (C=O) groups is 2. The van der Waals surface area contributed by atoms with Gasteiger partial charge in [0.15, 0.2) is 0 Å². The highest BCUT2D eigenvalue weighted by molar-refractivity contribution is 6.02. The van der Waals surface area contributed by atoms with Crippen molar-refractivity contribution < 1.29 is 18.7 Å². The number of hydrogen-bond donors (Lipinski definition) is 2. The number of ether oxygens (including phenoxy) is 1. The number of carbonyl (C=O) groups excluding carboxylic acids is 2. The molecule has 0 bridgehead atoms. The van der Waals surface area contributed by atoms with Gasteiger partial charge in [-0.1, -0.05) is 24.3 Å². The van der Waals surface area contributed by atoms with Gasteiger partial charge in [-0.15, -0.1) is 0 Å². The zero-order valence-corrected chi connectivity index (χ0v) is 11.9. The Morgan fingerprint density at radius 3 is 2.36 bits per heavy atom. The van der Waals surface area contributed by atoms with E-state index < -0.39 is 17.7 Å². The predicted molar refractivity (Wildman–Crippen MR) is 81.3 cm³/mol. The van der Waals surface area contributed by atoms with Crippen LogP contribution in [0, 0.1) is 5.82 Å². The first-order valence-corrected chi connectivity index (χ1v) is 6.57. The molecule has 0 spiro atoms. The zero-order chi connectivity index (χ0) is 15.9. The highest BCUT2D eigenvalue weighted by Crippen LogP contribution is 2.16. The summed E-state index contributed by atoms with van der Waals surface area (Å²) in [5.74, 6) is -1.39. The minimum absolute atomic E-state index is 0.129. The fraction of sp³-hybridized carbons (Fsp3) is 0.125. The monoisotopic (exact) mass is 302 g/mol. The number of rotatable bonds is 5. The molecule has 0 aromatic heterocycles. The van der Waals surface area contributed by atoms with E-state index in [1.807, 2.05) is 0 Å². The molecule has 2 aromatic carbocycles. The second kappa shape index (κ2) is 7.21. The molecule has 0 aliphatic carbocycles. The van der Waals surface area contributed by atoms with Crippen molar-refractivity contribution >= 4 is 23.3 Å². The Bertz CT molecular complexity index is 689. The number of nitrogens with one attached hydrogen (secondary N) is 2. The van der Waals surface area contributed by atoms with Crippen LogP contribution in [0.5, 0.6) is 0 Å². The van der Waals surface area contributed by atoms with Gasteiger partial charge in [-0.05, 0) is 24.3 Å². The van der Waals surface area contributed by atoms with Crippen molar-refractivity contribution in [3.05, 3.63) is 59.9 Å². The number of benzene rings is 2. The fourth-order valence-electron chi connectivity index (χ4n) is 1.85. The van der Waals surface area contributed by atoms with E-state index in [2.05, 4.69) is 15.4 Å². The lowest BCUT2D eigenvalue weighted by atomic mass is 10.2. The van der Waals surface area contributed by atoms with Crippen LogP contribution < -0.4 is 10.6 Å². The molecule has 0 unspecified atom stereocenters. The van der Waals surface area contributed by atoms with Crippen molar-refractivity contribution in [3.63, 3.8) is 0 Å². The van der Waals surface area contributed by atoms with E-state index in [0.29, 0.717) is 5.69 Å². The predicted octanol–water partition coefficient (Wildman–Crippen LogP) is 2.66. The maximum Gasteiger partial charge on any atom is 0.339 e. The zero-order valence-electron chi connectivity index (χ0n) is 11.9. The molecule has 0 aliphatic rings. The average Bonchev–Trinajstić information content (AvgIpc) is 2.54. The summed E-state index contributed by atoms with van der Waals surface area (Å²) in [6, 6.07) is 12.5. The number of esters is 1. The molecule has 2 aromatic rings. The Hall–Kier alpha value is -2.89. The lowest BCUT2D eigenvalue weighted by molar-refractivity contribution is -0.114. The summed E-state index contributed by atoms with van der Waals surface area (Å²) < 4.78 is 18.1. The summed E-state index contributed by atoms with van der Waals surface area (Å²) in [5, 5.41) is 5.28. The third-order valence-corrected chi connectivity index (χ3v) is 2.92. The van der Waals surface area contributed by atoms with Gasteiger partial charge in [-0.3, -0.25) is 4.79 Å². The molecule has 6 heteroatoms. The van der Waals surface area contributed by atoms with Crippen LogP contribution in [0.3, 0.4) is 0 Å². The van der Waals surface area contributed by atoms with Gasteiger partial charge >= 0.3 is 5.97 Å². The number of amides is 1. The molecule has 0 heterocycles. The number of halogens is 1. The third kappa shape index (κ3) is 3.82. The van der Waals surface area contributed by atoms with Crippen LogP contribution in [-0.2, 0) is 9.53 Å². The standard InChI is InChI=1S/C16H15FN2O3/c1-22-16(21)11-6-2-4-8-13(11)19-15(20)10-18-14-9-5-3-7-12(14)17/h2-9,18H,10H2,1H3,(H,19,20). The number of hydrogen-bond acceptors (Lipinski definition) is 4. The van der Waals surface area contributed by atoms with E-state index in [1.54, 1.807) is 36.4 Å². The first-order chi connectivity index (χ1) is 10.6. The van der Waals surface area contributed by atoms with Crippen molar-refractivity contribution in [1.82, 2.24) is 0 Å². The van der Waals surface area contributed by atoms with Gasteiger partial charge in [0, 0.05) is 0 Å². The Morgan fingerprint density at radius 2 is 1.68 bits per heavy atom. The molecule has 0 radical (unpaired) electrons. The minimum Gasteiger partial charge on any atom is -0.465 e. The van der Waals surface area contributed by atoms with Gasteiger partial charge < -0.3 is 15.4 Å². The van der Waals surface area contributed by atoms with Gasteiger partial charge in [-0.2, -0.15) is 0 Å². The largest absolute Gasteiger partial charge is 0.465 e. The molecular formula is C16H15FN2O3. The lowest BCUT2D eigenvalue weighted by Gasteiger charge is -2.11. The maximum absolute atomic E-state index is 13.4. The Kier molecular flexibility index (Phi) is 5.08. The van der Waals surface area contributed by atoms with Gasteiger partial charge in [0.2, 0.25) is 5.91 Å². The van der Waals surface area contributed by atoms with Crippen LogP contribution in [0.2, 0.25) is 0 Å². The summed E-state index contributed by atoms with van der Waals surface area (Å²) >= 11 is 0. The fourth-order valence-corrected chi connectivity index (χ4v) is 1.85. The number of para-hydroxylation sites is 2. The van der Waals surface area contributed by atoms with Crippen LogP contribution >= 0.6 is 0 Å². The highest BCUT2D eigenvalue weighted by atomic mass is 19.1. The van der Waals surface area contributed by atoms with Crippen LogP contribution in [0.15, 0.2) is 48.5 Å². The molecule has 0 saturated heterocycles. The van der Waals surface area contributed by atoms with Crippen molar-refractivity contribution in [2.75, 3.05) is 24.3 Å². The van der Waals surface area contributed by atoms with Gasteiger partial charge in [0.05, 0.1) is 30.6 Å². The van der Waals surface area contributed by atoms with Crippen LogP contribution in [0.4, 0.5) is 15.8 Å². The molecular weight excluding hydrogens is 287 g/mol. The second-order valence-electron chi connectivity index (χ2n) is 4.42. The quantitative estimate of drug-likeness (QED) is 0.833. The number of methoxy groups -OCH3 is 1. The van der Waals surface area contributed by atoms with E-state index in [0.717, 1.165) is 0 Å². The Balaban J connectivity index is 2.01. The van der Waals surface area contributed by atoms with E-state index in [4.69, 9.17) is 0 Å². The van der Waals surface area contributed by atoms with Crippen molar-refractivity contribution in [2.45, 2.75) is 0 Å². The molecule has 2 rings (SSSR count). The van der Waals surface area contributed by atoms with E-state index in [1.165, 1.54) is 19.2 Å². The van der Waals surface area contributed by atoms with Crippen molar-refractivity contribution in [3.8, 4) is 0 Å². The number of anilines is 2. The highest BCUT2D eigenvalue weighted by Gasteiger charge is 2.13. The van der Waals surface area contributed by atoms with Crippen LogP contribution in [0.1, 0.15) is 10.4 Å². The van der Waals surface area contributed by atoms with Gasteiger partial charge in [0.25, 0.3) is 0 Å². The SMILES string of the molecule is COC(=O)c1ccccc1NC(=O)CNc1ccccc1F. The van der Waals surface area contributed by atoms with Gasteiger partial charge in [-0.25, -0.2) is 9.18 Å². The van der Waals surface area contributed by atoms with Crippen molar-refractivity contribution in [2.24, 2.45) is 0 Å². The molecule has 0 aliphatic heterocycles. The van der Waals surface area contributed by atoms with E-state index in [-0.39, 0.29) is 17.8 Å². The van der Waals surface area contributed by atoms with E-state index in [9.17, 15) is 14.0 Å². The summed E-state index contributed by atoms with van der Waals surface area (Å²) in [6.07, 6.45) is 0. The molecule has 22 heavy (non-hydrogen) atoms. The second-order valence-corrected chi connectivity index (χ2v) is 4.42. The normalized spacial score (nSPS) is 9.91. The Labute approximate surface area is 127 Å². The molecule has 0 saturated carbocycles. The first-order valence-electron chi connectivity index (χ1n) is 6.57. The lowest BCUT2D eigenvalue weighted by Crippen LogP contribution is -2.23. The summed E-state index contributed by atoms with van der Waals surface area (Å²) in [7, 11) is 1.26. The third-order valence-electron chi connectivity index (χ3n) is 2.92. The average molecular weight is 302 g/mol. The molecule has 0 atom stereocenters. The molecule has 5 nitrogen and oxygen atoms in total. The first kappa shape index (κ1) is 15.5. The minimum atomic E-state index is -0.544. The Morgan fingerprint density at radius 1 is 1.05 bits per heavy atom. The summed E-state index contributed by atoms with van der Waals surface area (Å²) in [4.78, 5) is 23.5. The topological polar surface area (TPSA) is 67.4 Å². The summed E-state index contributed by atoms with van der Waals surface area (Å²) in [6.45, 7) is -0.129. The smallest absolute Gasteiger partial charge is 0.339 e. The molecule has 114 valence electrons. The van der Waals surface area contributed by atoms with Crippen molar-refractivity contribution in [1.29, 1.82) is 0 Å².